The summed E-state index contributed by atoms with van der Waals surface area (Å²) in [7, 11) is 0. The van der Waals surface area contributed by atoms with E-state index in [4.69, 9.17) is 4.42 Å². The van der Waals surface area contributed by atoms with E-state index in [-0.39, 0.29) is 17.2 Å². The van der Waals surface area contributed by atoms with Gasteiger partial charge in [0.15, 0.2) is 11.0 Å². The second-order valence-electron chi connectivity index (χ2n) is 8.06. The van der Waals surface area contributed by atoms with Gasteiger partial charge in [0.25, 0.3) is 0 Å². The molecule has 2 aromatic carbocycles. The number of carbonyl (C=O) groups is 1. The Morgan fingerprint density at radius 1 is 1.03 bits per heavy atom. The van der Waals surface area contributed by atoms with Gasteiger partial charge in [-0.25, -0.2) is 0 Å². The van der Waals surface area contributed by atoms with E-state index in [1.807, 2.05) is 79.9 Å². The molecule has 0 unspecified atom stereocenters. The van der Waals surface area contributed by atoms with Gasteiger partial charge in [-0.2, -0.15) is 0 Å². The van der Waals surface area contributed by atoms with Crippen molar-refractivity contribution in [2.75, 3.05) is 0 Å². The number of thioether (sulfide) groups is 1. The van der Waals surface area contributed by atoms with E-state index in [1.165, 1.54) is 17.3 Å². The van der Waals surface area contributed by atoms with Crippen molar-refractivity contribution >= 4 is 17.7 Å². The average Bonchev–Trinajstić information content (AvgIpc) is 3.44. The molecule has 1 N–H and O–H groups in total. The minimum atomic E-state index is -0.325. The molecule has 2 aromatic heterocycles. The summed E-state index contributed by atoms with van der Waals surface area (Å²) in [5.74, 6) is 1.46. The molecule has 0 aliphatic heterocycles. The monoisotopic (exact) mass is 460 g/mol. The predicted molar refractivity (Wildman–Crippen MR) is 131 cm³/mol. The molecule has 1 amide bonds. The van der Waals surface area contributed by atoms with E-state index < -0.39 is 0 Å². The SMILES string of the molecule is Cc1occc1-c1nnc(S[C@H](C)C(=O)N[C@@H](C)CCc2ccccc2)n1-c1ccccc1. The van der Waals surface area contributed by atoms with E-state index >= 15 is 0 Å². The number of benzene rings is 2. The smallest absolute Gasteiger partial charge is 0.233 e. The topological polar surface area (TPSA) is 72.9 Å². The third kappa shape index (κ3) is 5.54. The maximum Gasteiger partial charge on any atom is 0.233 e. The Labute approximate surface area is 198 Å². The van der Waals surface area contributed by atoms with Gasteiger partial charge in [-0.05, 0) is 57.4 Å². The Kier molecular flexibility index (Phi) is 7.29. The first kappa shape index (κ1) is 22.9. The summed E-state index contributed by atoms with van der Waals surface area (Å²) < 4.78 is 7.46. The molecular weight excluding hydrogens is 432 g/mol. The van der Waals surface area contributed by atoms with Crippen molar-refractivity contribution in [3.8, 4) is 17.1 Å². The largest absolute Gasteiger partial charge is 0.469 e. The lowest BCUT2D eigenvalue weighted by molar-refractivity contribution is -0.120. The molecule has 7 heteroatoms. The molecule has 0 bridgehead atoms. The van der Waals surface area contributed by atoms with E-state index in [2.05, 4.69) is 27.6 Å². The molecule has 33 heavy (non-hydrogen) atoms. The second-order valence-corrected chi connectivity index (χ2v) is 9.37. The maximum absolute atomic E-state index is 12.9. The molecular formula is C26H28N4O2S. The number of hydrogen-bond acceptors (Lipinski definition) is 5. The summed E-state index contributed by atoms with van der Waals surface area (Å²) in [6.45, 7) is 5.85. The molecule has 0 fully saturated rings. The zero-order valence-electron chi connectivity index (χ0n) is 19.1. The molecule has 2 heterocycles. The summed E-state index contributed by atoms with van der Waals surface area (Å²) in [4.78, 5) is 12.9. The number of hydrogen-bond donors (Lipinski definition) is 1. The number of furan rings is 1. The molecule has 6 nitrogen and oxygen atoms in total. The number of amides is 1. The van der Waals surface area contributed by atoms with Crippen molar-refractivity contribution in [2.45, 2.75) is 50.1 Å². The quantitative estimate of drug-likeness (QED) is 0.336. The molecule has 0 spiro atoms. The molecule has 0 radical (unpaired) electrons. The first-order valence-corrected chi connectivity index (χ1v) is 12.0. The van der Waals surface area contributed by atoms with Gasteiger partial charge in [0.05, 0.1) is 17.1 Å². The minimum absolute atomic E-state index is 0.00999. The lowest BCUT2D eigenvalue weighted by Gasteiger charge is -2.18. The first-order chi connectivity index (χ1) is 16.0. The van der Waals surface area contributed by atoms with E-state index in [0.717, 1.165) is 29.9 Å². The number of aryl methyl sites for hydroxylation is 2. The van der Waals surface area contributed by atoms with Crippen LogP contribution in [0, 0.1) is 6.92 Å². The van der Waals surface area contributed by atoms with Gasteiger partial charge in [-0.1, -0.05) is 60.3 Å². The van der Waals surface area contributed by atoms with Crippen LogP contribution in [-0.2, 0) is 11.2 Å². The van der Waals surface area contributed by atoms with Crippen molar-refractivity contribution < 1.29 is 9.21 Å². The third-order valence-electron chi connectivity index (χ3n) is 5.50. The van der Waals surface area contributed by atoms with E-state index in [9.17, 15) is 4.79 Å². The molecule has 4 rings (SSSR count). The minimum Gasteiger partial charge on any atom is -0.469 e. The number of nitrogens with one attached hydrogen (secondary N) is 1. The fraction of sp³-hybridized carbons (Fsp3) is 0.269. The highest BCUT2D eigenvalue weighted by Crippen LogP contribution is 2.31. The van der Waals surface area contributed by atoms with Gasteiger partial charge in [-0.3, -0.25) is 9.36 Å². The van der Waals surface area contributed by atoms with Crippen LogP contribution in [0.25, 0.3) is 17.1 Å². The molecule has 2 atom stereocenters. The van der Waals surface area contributed by atoms with Gasteiger partial charge in [0.1, 0.15) is 5.76 Å². The Morgan fingerprint density at radius 2 is 1.73 bits per heavy atom. The Balaban J connectivity index is 1.47. The average molecular weight is 461 g/mol. The normalized spacial score (nSPS) is 12.9. The molecule has 0 saturated heterocycles. The van der Waals surface area contributed by atoms with Crippen LogP contribution in [0.3, 0.4) is 0 Å². The first-order valence-electron chi connectivity index (χ1n) is 11.1. The summed E-state index contributed by atoms with van der Waals surface area (Å²) in [5, 5.41) is 12.3. The van der Waals surface area contributed by atoms with Crippen molar-refractivity contribution in [1.82, 2.24) is 20.1 Å². The molecule has 4 aromatic rings. The predicted octanol–water partition coefficient (Wildman–Crippen LogP) is 5.45. The lowest BCUT2D eigenvalue weighted by atomic mass is 10.1. The number of para-hydroxylation sites is 1. The summed E-state index contributed by atoms with van der Waals surface area (Å²) >= 11 is 1.40. The van der Waals surface area contributed by atoms with Crippen molar-refractivity contribution in [3.63, 3.8) is 0 Å². The van der Waals surface area contributed by atoms with Crippen LogP contribution in [0.15, 0.2) is 82.6 Å². The summed E-state index contributed by atoms with van der Waals surface area (Å²) in [6.07, 6.45) is 3.46. The Hall–Kier alpha value is -3.32. The van der Waals surface area contributed by atoms with Gasteiger partial charge >= 0.3 is 0 Å². The number of nitrogens with zero attached hydrogens (tertiary/aromatic N) is 3. The van der Waals surface area contributed by atoms with Gasteiger partial charge in [0, 0.05) is 11.7 Å². The Bertz CT molecular complexity index is 1190. The van der Waals surface area contributed by atoms with E-state index in [1.54, 1.807) is 6.26 Å². The second kappa shape index (κ2) is 10.5. The highest BCUT2D eigenvalue weighted by Gasteiger charge is 2.23. The molecule has 170 valence electrons. The zero-order chi connectivity index (χ0) is 23.2. The summed E-state index contributed by atoms with van der Waals surface area (Å²) in [6, 6.07) is 22.2. The van der Waals surface area contributed by atoms with Gasteiger partial charge in [-0.15, -0.1) is 10.2 Å². The molecule has 0 aliphatic rings. The Morgan fingerprint density at radius 3 is 2.39 bits per heavy atom. The van der Waals surface area contributed by atoms with Crippen LogP contribution in [0.1, 0.15) is 31.6 Å². The number of rotatable bonds is 9. The standard InChI is InChI=1S/C26H28N4O2S/c1-18(14-15-21-10-6-4-7-11-21)27-25(31)20(3)33-26-29-28-24(23-16-17-32-19(23)2)30(26)22-12-8-5-9-13-22/h4-13,16-18,20H,14-15H2,1-3H3,(H,27,31)/t18-,20+/m0/s1. The third-order valence-corrected chi connectivity index (χ3v) is 6.54. The fourth-order valence-corrected chi connectivity index (χ4v) is 4.50. The summed E-state index contributed by atoms with van der Waals surface area (Å²) in [5.41, 5.74) is 3.09. The van der Waals surface area contributed by atoms with Crippen molar-refractivity contribution in [2.24, 2.45) is 0 Å². The molecule has 0 saturated carbocycles. The molecule has 0 aliphatic carbocycles. The van der Waals surface area contributed by atoms with Crippen LogP contribution in [0.2, 0.25) is 0 Å². The van der Waals surface area contributed by atoms with Crippen LogP contribution in [0.5, 0.6) is 0 Å². The zero-order valence-corrected chi connectivity index (χ0v) is 19.9. The van der Waals surface area contributed by atoms with E-state index in [0.29, 0.717) is 11.0 Å². The van der Waals surface area contributed by atoms with Gasteiger partial charge in [0.2, 0.25) is 5.91 Å². The van der Waals surface area contributed by atoms with Crippen LogP contribution in [-0.4, -0.2) is 32.0 Å². The fourth-order valence-electron chi connectivity index (χ4n) is 3.62. The van der Waals surface area contributed by atoms with Crippen molar-refractivity contribution in [3.05, 3.63) is 84.3 Å². The number of carbonyl (C=O) groups excluding carboxylic acids is 1. The van der Waals surface area contributed by atoms with Crippen molar-refractivity contribution in [1.29, 1.82) is 0 Å². The highest BCUT2D eigenvalue weighted by molar-refractivity contribution is 8.00. The number of aromatic nitrogens is 3. The lowest BCUT2D eigenvalue weighted by Crippen LogP contribution is -2.38. The van der Waals surface area contributed by atoms with Crippen LogP contribution < -0.4 is 5.32 Å². The van der Waals surface area contributed by atoms with Crippen LogP contribution in [0.4, 0.5) is 0 Å². The van der Waals surface area contributed by atoms with Crippen LogP contribution >= 0.6 is 11.8 Å². The highest BCUT2D eigenvalue weighted by atomic mass is 32.2. The maximum atomic E-state index is 12.9. The van der Waals surface area contributed by atoms with Gasteiger partial charge < -0.3 is 9.73 Å².